The summed E-state index contributed by atoms with van der Waals surface area (Å²) in [5.41, 5.74) is 7.61. The molecule has 4 nitrogen and oxygen atoms in total. The smallest absolute Gasteiger partial charge is 0.126 e. The van der Waals surface area contributed by atoms with Gasteiger partial charge in [-0.3, -0.25) is 4.68 Å². The summed E-state index contributed by atoms with van der Waals surface area (Å²) >= 11 is 1.63. The van der Waals surface area contributed by atoms with Crippen LogP contribution in [0.2, 0.25) is 0 Å². The third-order valence-corrected chi connectivity index (χ3v) is 3.82. The lowest BCUT2D eigenvalue weighted by atomic mass is 10.2. The van der Waals surface area contributed by atoms with Gasteiger partial charge in [0.1, 0.15) is 5.01 Å². The van der Waals surface area contributed by atoms with E-state index in [0.717, 1.165) is 22.8 Å². The van der Waals surface area contributed by atoms with Crippen LogP contribution in [0.25, 0.3) is 10.6 Å². The third kappa shape index (κ3) is 3.40. The number of thiazole rings is 1. The molecule has 2 rings (SSSR count). The molecular weight excluding hydrogens is 244 g/mol. The molecule has 0 saturated heterocycles. The summed E-state index contributed by atoms with van der Waals surface area (Å²) < 4.78 is 2.01. The predicted octanol–water partition coefficient (Wildman–Crippen LogP) is 3.05. The summed E-state index contributed by atoms with van der Waals surface area (Å²) in [6.45, 7) is 3.72. The third-order valence-electron chi connectivity index (χ3n) is 2.88. The SMILES string of the molecule is CCCCCCn1cc(-c2nc(CN)cs2)cn1. The molecule has 2 heterocycles. The number of unbranched alkanes of at least 4 members (excludes halogenated alkanes) is 3. The van der Waals surface area contributed by atoms with Crippen LogP contribution in [0.15, 0.2) is 17.8 Å². The zero-order valence-electron chi connectivity index (χ0n) is 10.8. The molecule has 0 spiro atoms. The maximum absolute atomic E-state index is 5.56. The second kappa shape index (κ2) is 6.66. The van der Waals surface area contributed by atoms with Crippen LogP contribution >= 0.6 is 11.3 Å². The number of hydrogen-bond acceptors (Lipinski definition) is 4. The van der Waals surface area contributed by atoms with Gasteiger partial charge in [-0.05, 0) is 6.42 Å². The molecule has 0 aliphatic carbocycles. The van der Waals surface area contributed by atoms with Gasteiger partial charge in [0.2, 0.25) is 0 Å². The normalized spacial score (nSPS) is 11.0. The first-order valence-corrected chi connectivity index (χ1v) is 7.38. The number of rotatable bonds is 7. The van der Waals surface area contributed by atoms with E-state index < -0.39 is 0 Å². The van der Waals surface area contributed by atoms with E-state index in [1.54, 1.807) is 11.3 Å². The molecule has 0 fully saturated rings. The van der Waals surface area contributed by atoms with E-state index in [1.165, 1.54) is 25.7 Å². The number of aromatic nitrogens is 3. The molecule has 0 amide bonds. The van der Waals surface area contributed by atoms with E-state index in [4.69, 9.17) is 5.73 Å². The maximum atomic E-state index is 5.56. The molecule has 0 atom stereocenters. The number of aryl methyl sites for hydroxylation is 1. The first-order chi connectivity index (χ1) is 8.83. The van der Waals surface area contributed by atoms with Crippen LogP contribution in [-0.2, 0) is 13.1 Å². The van der Waals surface area contributed by atoms with Gasteiger partial charge in [-0.2, -0.15) is 5.10 Å². The van der Waals surface area contributed by atoms with Crippen LogP contribution < -0.4 is 5.73 Å². The van der Waals surface area contributed by atoms with Gasteiger partial charge in [0.05, 0.1) is 11.9 Å². The van der Waals surface area contributed by atoms with Crippen molar-refractivity contribution in [1.29, 1.82) is 0 Å². The zero-order chi connectivity index (χ0) is 12.8. The van der Waals surface area contributed by atoms with E-state index in [-0.39, 0.29) is 0 Å². The van der Waals surface area contributed by atoms with Crippen LogP contribution in [-0.4, -0.2) is 14.8 Å². The second-order valence-electron chi connectivity index (χ2n) is 4.40. The quantitative estimate of drug-likeness (QED) is 0.782. The standard InChI is InChI=1S/C13H20N4S/c1-2-3-4-5-6-17-9-11(8-15-17)13-16-12(7-14)10-18-13/h8-10H,2-7,14H2,1H3. The van der Waals surface area contributed by atoms with Crippen molar-refractivity contribution in [3.63, 3.8) is 0 Å². The average Bonchev–Trinajstić information content (AvgIpc) is 3.03. The first kappa shape index (κ1) is 13.2. The highest BCUT2D eigenvalue weighted by atomic mass is 32.1. The molecule has 0 saturated carbocycles. The minimum atomic E-state index is 0.502. The largest absolute Gasteiger partial charge is 0.325 e. The van der Waals surface area contributed by atoms with E-state index in [1.807, 2.05) is 16.3 Å². The zero-order valence-corrected chi connectivity index (χ0v) is 11.6. The van der Waals surface area contributed by atoms with E-state index in [0.29, 0.717) is 6.54 Å². The average molecular weight is 264 g/mol. The summed E-state index contributed by atoms with van der Waals surface area (Å²) in [6, 6.07) is 0. The minimum Gasteiger partial charge on any atom is -0.325 e. The Morgan fingerprint density at radius 2 is 2.22 bits per heavy atom. The number of nitrogens with zero attached hydrogens (tertiary/aromatic N) is 3. The highest BCUT2D eigenvalue weighted by Crippen LogP contribution is 2.23. The molecule has 0 unspecified atom stereocenters. The van der Waals surface area contributed by atoms with E-state index >= 15 is 0 Å². The lowest BCUT2D eigenvalue weighted by Gasteiger charge is -1.99. The highest BCUT2D eigenvalue weighted by molar-refractivity contribution is 7.13. The predicted molar refractivity (Wildman–Crippen MR) is 75.4 cm³/mol. The molecule has 2 N–H and O–H groups in total. The van der Waals surface area contributed by atoms with Crippen molar-refractivity contribution in [2.45, 2.75) is 45.7 Å². The molecule has 0 aliphatic rings. The van der Waals surface area contributed by atoms with Crippen LogP contribution in [0.1, 0.15) is 38.3 Å². The Morgan fingerprint density at radius 1 is 1.33 bits per heavy atom. The van der Waals surface area contributed by atoms with Crippen LogP contribution in [0, 0.1) is 0 Å². The molecule has 98 valence electrons. The summed E-state index contributed by atoms with van der Waals surface area (Å²) in [6.07, 6.45) is 9.01. The monoisotopic (exact) mass is 264 g/mol. The van der Waals surface area contributed by atoms with Crippen molar-refractivity contribution in [2.24, 2.45) is 5.73 Å². The molecule has 0 radical (unpaired) electrons. The Labute approximate surface area is 112 Å². The van der Waals surface area contributed by atoms with Gasteiger partial charge in [-0.15, -0.1) is 11.3 Å². The number of hydrogen-bond donors (Lipinski definition) is 1. The van der Waals surface area contributed by atoms with Crippen LogP contribution in [0.4, 0.5) is 0 Å². The highest BCUT2D eigenvalue weighted by Gasteiger charge is 2.06. The van der Waals surface area contributed by atoms with Crippen molar-refractivity contribution < 1.29 is 0 Å². The van der Waals surface area contributed by atoms with Crippen molar-refractivity contribution in [3.8, 4) is 10.6 Å². The molecule has 2 aromatic rings. The number of nitrogens with two attached hydrogens (primary N) is 1. The van der Waals surface area contributed by atoms with Gasteiger partial charge < -0.3 is 5.73 Å². The van der Waals surface area contributed by atoms with Crippen molar-refractivity contribution in [2.75, 3.05) is 0 Å². The fraction of sp³-hybridized carbons (Fsp3) is 0.538. The van der Waals surface area contributed by atoms with Gasteiger partial charge in [0.25, 0.3) is 0 Å². The first-order valence-electron chi connectivity index (χ1n) is 6.50. The summed E-state index contributed by atoms with van der Waals surface area (Å²) in [5, 5.41) is 7.39. The van der Waals surface area contributed by atoms with E-state index in [9.17, 15) is 0 Å². The van der Waals surface area contributed by atoms with E-state index in [2.05, 4.69) is 23.2 Å². The molecule has 18 heavy (non-hydrogen) atoms. The lowest BCUT2D eigenvalue weighted by Crippen LogP contribution is -1.97. The van der Waals surface area contributed by atoms with Crippen LogP contribution in [0.3, 0.4) is 0 Å². The van der Waals surface area contributed by atoms with Crippen molar-refractivity contribution >= 4 is 11.3 Å². The van der Waals surface area contributed by atoms with Gasteiger partial charge in [0, 0.05) is 30.2 Å². The molecule has 5 heteroatoms. The Bertz CT molecular complexity index is 475. The molecule has 2 aromatic heterocycles. The molecule has 0 bridgehead atoms. The molecular formula is C13H20N4S. The molecule has 0 aliphatic heterocycles. The van der Waals surface area contributed by atoms with Crippen molar-refractivity contribution in [1.82, 2.24) is 14.8 Å². The molecule has 0 aromatic carbocycles. The topological polar surface area (TPSA) is 56.7 Å². The Balaban J connectivity index is 1.93. The minimum absolute atomic E-state index is 0.502. The second-order valence-corrected chi connectivity index (χ2v) is 5.26. The summed E-state index contributed by atoms with van der Waals surface area (Å²) in [5.74, 6) is 0. The fourth-order valence-corrected chi connectivity index (χ4v) is 2.64. The lowest BCUT2D eigenvalue weighted by molar-refractivity contribution is 0.541. The Morgan fingerprint density at radius 3 is 2.94 bits per heavy atom. The van der Waals surface area contributed by atoms with Gasteiger partial charge in [-0.25, -0.2) is 4.98 Å². The van der Waals surface area contributed by atoms with Gasteiger partial charge >= 0.3 is 0 Å². The maximum Gasteiger partial charge on any atom is 0.126 e. The summed E-state index contributed by atoms with van der Waals surface area (Å²) in [4.78, 5) is 4.46. The van der Waals surface area contributed by atoms with Gasteiger partial charge in [-0.1, -0.05) is 26.2 Å². The Kier molecular flexibility index (Phi) is 4.90. The van der Waals surface area contributed by atoms with Crippen molar-refractivity contribution in [3.05, 3.63) is 23.5 Å². The Hall–Kier alpha value is -1.20. The fourth-order valence-electron chi connectivity index (χ4n) is 1.83. The van der Waals surface area contributed by atoms with Crippen LogP contribution in [0.5, 0.6) is 0 Å². The summed E-state index contributed by atoms with van der Waals surface area (Å²) in [7, 11) is 0. The van der Waals surface area contributed by atoms with Gasteiger partial charge in [0.15, 0.2) is 0 Å².